The van der Waals surface area contributed by atoms with E-state index in [0.29, 0.717) is 11.4 Å². The molecule has 2 aromatic carbocycles. The molecule has 25 heavy (non-hydrogen) atoms. The molecule has 1 unspecified atom stereocenters. The molecular weight excluding hydrogens is 375 g/mol. The maximum Gasteiger partial charge on any atom is 0.416 e. The van der Waals surface area contributed by atoms with Crippen LogP contribution in [0.2, 0.25) is 5.02 Å². The highest BCUT2D eigenvalue weighted by Gasteiger charge is 2.42. The molecule has 3 rings (SSSR count). The van der Waals surface area contributed by atoms with E-state index in [0.717, 1.165) is 17.7 Å². The summed E-state index contributed by atoms with van der Waals surface area (Å²) in [5.41, 5.74) is 0.597. The Bertz CT molecular complexity index is 856. The van der Waals surface area contributed by atoms with Crippen LogP contribution >= 0.6 is 23.4 Å². The lowest BCUT2D eigenvalue weighted by molar-refractivity contribution is -0.137. The van der Waals surface area contributed by atoms with Gasteiger partial charge in [0.25, 0.3) is 0 Å². The van der Waals surface area contributed by atoms with Gasteiger partial charge in [-0.15, -0.1) is 11.8 Å². The number of halogens is 4. The van der Waals surface area contributed by atoms with E-state index in [1.807, 2.05) is 13.2 Å². The van der Waals surface area contributed by atoms with E-state index < -0.39 is 16.5 Å². The highest BCUT2D eigenvalue weighted by atomic mass is 35.5. The molecule has 0 aliphatic carbocycles. The quantitative estimate of drug-likeness (QED) is 0.736. The van der Waals surface area contributed by atoms with Crippen LogP contribution in [0.3, 0.4) is 0 Å². The molecule has 2 aromatic rings. The van der Waals surface area contributed by atoms with Crippen molar-refractivity contribution in [3.05, 3.63) is 52.5 Å². The SMILES string of the molecule is CSC1(C)C(=O)Nc2cc(Oc3ccc(C(F)(F)F)cc3Cl)ccc21. The minimum absolute atomic E-state index is 0.103. The predicted molar refractivity (Wildman–Crippen MR) is 92.5 cm³/mol. The van der Waals surface area contributed by atoms with Crippen LogP contribution in [0.5, 0.6) is 11.5 Å². The van der Waals surface area contributed by atoms with Crippen molar-refractivity contribution in [1.82, 2.24) is 0 Å². The third-order valence-electron chi connectivity index (χ3n) is 4.08. The lowest BCUT2D eigenvalue weighted by atomic mass is 10.0. The number of thioether (sulfide) groups is 1. The zero-order chi connectivity index (χ0) is 18.4. The van der Waals surface area contributed by atoms with Gasteiger partial charge in [-0.25, -0.2) is 0 Å². The number of hydrogen-bond donors (Lipinski definition) is 1. The number of benzene rings is 2. The molecule has 1 amide bonds. The first kappa shape index (κ1) is 17.9. The third kappa shape index (κ3) is 3.18. The summed E-state index contributed by atoms with van der Waals surface area (Å²) in [5, 5.41) is 2.64. The highest BCUT2D eigenvalue weighted by molar-refractivity contribution is 8.00. The number of fused-ring (bicyclic) bond motifs is 1. The standard InChI is InChI=1S/C17H13ClF3NO2S/c1-16(25-2)11-5-4-10(8-13(11)22-15(16)23)24-14-6-3-9(7-12(14)18)17(19,20)21/h3-8H,1-2H3,(H,22,23). The van der Waals surface area contributed by atoms with Crippen LogP contribution in [-0.4, -0.2) is 12.2 Å². The summed E-state index contributed by atoms with van der Waals surface area (Å²) in [4.78, 5) is 12.1. The van der Waals surface area contributed by atoms with E-state index in [-0.39, 0.29) is 16.7 Å². The van der Waals surface area contributed by atoms with Crippen molar-refractivity contribution >= 4 is 35.0 Å². The van der Waals surface area contributed by atoms with Crippen molar-refractivity contribution < 1.29 is 22.7 Å². The average Bonchev–Trinajstić information content (AvgIpc) is 2.79. The van der Waals surface area contributed by atoms with Gasteiger partial charge >= 0.3 is 6.18 Å². The van der Waals surface area contributed by atoms with Crippen LogP contribution in [0.25, 0.3) is 0 Å². The zero-order valence-corrected chi connectivity index (χ0v) is 14.8. The van der Waals surface area contributed by atoms with Crippen LogP contribution in [0, 0.1) is 0 Å². The molecule has 1 aliphatic heterocycles. The number of hydrogen-bond acceptors (Lipinski definition) is 3. The van der Waals surface area contributed by atoms with Gasteiger partial charge in [0.15, 0.2) is 0 Å². The van der Waals surface area contributed by atoms with Gasteiger partial charge in [0.2, 0.25) is 5.91 Å². The fraction of sp³-hybridized carbons (Fsp3) is 0.235. The smallest absolute Gasteiger partial charge is 0.416 e. The lowest BCUT2D eigenvalue weighted by Gasteiger charge is -2.19. The van der Waals surface area contributed by atoms with Crippen molar-refractivity contribution in [1.29, 1.82) is 0 Å². The summed E-state index contributed by atoms with van der Waals surface area (Å²) in [6, 6.07) is 7.93. The molecule has 0 spiro atoms. The Hall–Kier alpha value is -1.86. The van der Waals surface area contributed by atoms with E-state index >= 15 is 0 Å². The molecule has 1 N–H and O–H groups in total. The molecule has 1 atom stereocenters. The highest BCUT2D eigenvalue weighted by Crippen LogP contribution is 2.46. The van der Waals surface area contributed by atoms with Crippen LogP contribution in [0.1, 0.15) is 18.1 Å². The topological polar surface area (TPSA) is 38.3 Å². The molecule has 0 aromatic heterocycles. The number of rotatable bonds is 3. The van der Waals surface area contributed by atoms with Crippen LogP contribution < -0.4 is 10.1 Å². The molecule has 0 radical (unpaired) electrons. The van der Waals surface area contributed by atoms with Crippen molar-refractivity contribution in [3.63, 3.8) is 0 Å². The molecule has 0 saturated heterocycles. The summed E-state index contributed by atoms with van der Waals surface area (Å²) in [5.74, 6) is 0.345. The first-order valence-corrected chi connectivity index (χ1v) is 8.81. The second-order valence-electron chi connectivity index (χ2n) is 5.64. The molecule has 3 nitrogen and oxygen atoms in total. The molecule has 132 valence electrons. The Labute approximate surface area is 151 Å². The molecular formula is C17H13ClF3NO2S. The minimum atomic E-state index is -4.47. The van der Waals surface area contributed by atoms with E-state index in [2.05, 4.69) is 5.32 Å². The Morgan fingerprint density at radius 2 is 1.92 bits per heavy atom. The number of anilines is 1. The lowest BCUT2D eigenvalue weighted by Crippen LogP contribution is -2.26. The van der Waals surface area contributed by atoms with Gasteiger partial charge in [0.1, 0.15) is 16.2 Å². The Morgan fingerprint density at radius 1 is 1.20 bits per heavy atom. The van der Waals surface area contributed by atoms with Gasteiger partial charge in [-0.05, 0) is 37.4 Å². The van der Waals surface area contributed by atoms with Crippen molar-refractivity contribution in [2.24, 2.45) is 0 Å². The fourth-order valence-corrected chi connectivity index (χ4v) is 3.41. The number of amides is 1. The van der Waals surface area contributed by atoms with Crippen molar-refractivity contribution in [3.8, 4) is 11.5 Å². The third-order valence-corrected chi connectivity index (χ3v) is 5.60. The summed E-state index contributed by atoms with van der Waals surface area (Å²) in [6.07, 6.45) is -2.62. The molecule has 1 heterocycles. The summed E-state index contributed by atoms with van der Waals surface area (Å²) in [7, 11) is 0. The summed E-state index contributed by atoms with van der Waals surface area (Å²) < 4.78 is 42.9. The van der Waals surface area contributed by atoms with E-state index in [1.54, 1.807) is 18.2 Å². The van der Waals surface area contributed by atoms with Gasteiger partial charge in [-0.2, -0.15) is 13.2 Å². The number of alkyl halides is 3. The largest absolute Gasteiger partial charge is 0.456 e. The van der Waals surface area contributed by atoms with Crippen LogP contribution in [0.4, 0.5) is 18.9 Å². The first-order chi connectivity index (χ1) is 11.6. The van der Waals surface area contributed by atoms with Crippen LogP contribution in [0.15, 0.2) is 36.4 Å². The first-order valence-electron chi connectivity index (χ1n) is 7.21. The second-order valence-corrected chi connectivity index (χ2v) is 7.28. The maximum atomic E-state index is 12.7. The second kappa shape index (κ2) is 6.14. The van der Waals surface area contributed by atoms with Crippen LogP contribution in [-0.2, 0) is 15.7 Å². The molecule has 0 saturated carbocycles. The monoisotopic (exact) mass is 387 g/mol. The number of nitrogens with one attached hydrogen (secondary N) is 1. The van der Waals surface area contributed by atoms with Crippen molar-refractivity contribution in [2.75, 3.05) is 11.6 Å². The molecule has 0 fully saturated rings. The van der Waals surface area contributed by atoms with Gasteiger partial charge in [-0.1, -0.05) is 17.7 Å². The molecule has 8 heteroatoms. The number of ether oxygens (including phenoxy) is 1. The maximum absolute atomic E-state index is 12.7. The Morgan fingerprint density at radius 3 is 2.52 bits per heavy atom. The van der Waals surface area contributed by atoms with E-state index in [4.69, 9.17) is 16.3 Å². The zero-order valence-electron chi connectivity index (χ0n) is 13.2. The number of carbonyl (C=O) groups is 1. The van der Waals surface area contributed by atoms with Gasteiger partial charge in [-0.3, -0.25) is 4.79 Å². The van der Waals surface area contributed by atoms with Gasteiger partial charge in [0.05, 0.1) is 10.6 Å². The molecule has 1 aliphatic rings. The summed E-state index contributed by atoms with van der Waals surface area (Å²) >= 11 is 7.32. The average molecular weight is 388 g/mol. The Kier molecular flexibility index (Phi) is 4.41. The van der Waals surface area contributed by atoms with Gasteiger partial charge in [0, 0.05) is 17.3 Å². The van der Waals surface area contributed by atoms with Crippen molar-refractivity contribution in [2.45, 2.75) is 17.8 Å². The number of carbonyl (C=O) groups excluding carboxylic acids is 1. The van der Waals surface area contributed by atoms with Gasteiger partial charge < -0.3 is 10.1 Å². The summed E-state index contributed by atoms with van der Waals surface area (Å²) in [6.45, 7) is 1.83. The minimum Gasteiger partial charge on any atom is -0.456 e. The predicted octanol–water partition coefficient (Wildman–Crippen LogP) is 5.68. The van der Waals surface area contributed by atoms with E-state index in [9.17, 15) is 18.0 Å². The fourth-order valence-electron chi connectivity index (χ4n) is 2.56. The normalized spacial score (nSPS) is 19.5. The Balaban J connectivity index is 1.89. The van der Waals surface area contributed by atoms with E-state index in [1.165, 1.54) is 17.8 Å². The molecule has 0 bridgehead atoms.